The summed E-state index contributed by atoms with van der Waals surface area (Å²) in [7, 11) is 0. The molecule has 1 heterocycles. The summed E-state index contributed by atoms with van der Waals surface area (Å²) in [6.07, 6.45) is 1.96. The minimum Gasteiger partial charge on any atom is -0.267 e. The summed E-state index contributed by atoms with van der Waals surface area (Å²) >= 11 is 3.49. The molecule has 0 saturated heterocycles. The molecule has 0 bridgehead atoms. The van der Waals surface area contributed by atoms with Crippen LogP contribution < -0.4 is 0 Å². The predicted molar refractivity (Wildman–Crippen MR) is 72.9 cm³/mol. The Labute approximate surface area is 112 Å². The molecule has 0 aliphatic carbocycles. The highest BCUT2D eigenvalue weighted by Crippen LogP contribution is 2.22. The average molecular weight is 305 g/mol. The molecule has 90 valence electrons. The van der Waals surface area contributed by atoms with E-state index in [1.165, 1.54) is 12.1 Å². The zero-order valence-corrected chi connectivity index (χ0v) is 11.1. The first-order valence-corrected chi connectivity index (χ1v) is 6.38. The first-order chi connectivity index (χ1) is 8.72. The Kier molecular flexibility index (Phi) is 2.88. The first-order valence-electron chi connectivity index (χ1n) is 5.58. The highest BCUT2D eigenvalue weighted by atomic mass is 79.9. The normalized spacial score (nSPS) is 11.0. The zero-order chi connectivity index (χ0) is 12.5. The summed E-state index contributed by atoms with van der Waals surface area (Å²) in [5.74, 6) is -0.217. The summed E-state index contributed by atoms with van der Waals surface area (Å²) in [6, 6.07) is 12.5. The standard InChI is InChI=1S/C14H10BrFN2/c15-13-5-2-6-14-12(13)9-18(17-14)8-10-3-1-4-11(16)7-10/h1-7,9H,8H2. The SMILES string of the molecule is Fc1cccc(Cn2cc3c(Br)cccc3n2)c1. The van der Waals surface area contributed by atoms with Crippen LogP contribution >= 0.6 is 15.9 Å². The van der Waals surface area contributed by atoms with Crippen molar-refractivity contribution in [3.05, 3.63) is 64.5 Å². The highest BCUT2D eigenvalue weighted by Gasteiger charge is 2.04. The van der Waals surface area contributed by atoms with Crippen LogP contribution in [0.2, 0.25) is 0 Å². The Morgan fingerprint density at radius 2 is 2.00 bits per heavy atom. The maximum atomic E-state index is 13.1. The minimum absolute atomic E-state index is 0.217. The molecule has 1 aromatic heterocycles. The third-order valence-electron chi connectivity index (χ3n) is 2.78. The summed E-state index contributed by atoms with van der Waals surface area (Å²) < 4.78 is 15.9. The maximum absolute atomic E-state index is 13.1. The molecular weight excluding hydrogens is 295 g/mol. The van der Waals surface area contributed by atoms with Crippen LogP contribution in [0.3, 0.4) is 0 Å². The van der Waals surface area contributed by atoms with Gasteiger partial charge in [-0.1, -0.05) is 34.1 Å². The summed E-state index contributed by atoms with van der Waals surface area (Å²) in [6.45, 7) is 0.568. The molecule has 18 heavy (non-hydrogen) atoms. The number of aromatic nitrogens is 2. The van der Waals surface area contributed by atoms with Crippen LogP contribution in [-0.4, -0.2) is 9.78 Å². The lowest BCUT2D eigenvalue weighted by Crippen LogP contribution is -1.99. The number of hydrogen-bond acceptors (Lipinski definition) is 1. The van der Waals surface area contributed by atoms with E-state index in [0.29, 0.717) is 6.54 Å². The van der Waals surface area contributed by atoms with E-state index in [4.69, 9.17) is 0 Å². The summed E-state index contributed by atoms with van der Waals surface area (Å²) in [5, 5.41) is 5.53. The van der Waals surface area contributed by atoms with E-state index in [0.717, 1.165) is 20.9 Å². The number of benzene rings is 2. The van der Waals surface area contributed by atoms with Gasteiger partial charge in [-0.15, -0.1) is 0 Å². The van der Waals surface area contributed by atoms with Gasteiger partial charge in [-0.25, -0.2) is 4.39 Å². The molecule has 0 radical (unpaired) electrons. The Morgan fingerprint density at radius 3 is 2.78 bits per heavy atom. The molecule has 0 unspecified atom stereocenters. The van der Waals surface area contributed by atoms with Gasteiger partial charge in [0.1, 0.15) is 5.82 Å². The fraction of sp³-hybridized carbons (Fsp3) is 0.0714. The van der Waals surface area contributed by atoms with Crippen LogP contribution in [-0.2, 0) is 6.54 Å². The highest BCUT2D eigenvalue weighted by molar-refractivity contribution is 9.10. The Morgan fingerprint density at radius 1 is 1.17 bits per heavy atom. The molecule has 0 spiro atoms. The molecule has 0 fully saturated rings. The molecule has 0 aliphatic rings. The summed E-state index contributed by atoms with van der Waals surface area (Å²) in [4.78, 5) is 0. The van der Waals surface area contributed by atoms with Gasteiger partial charge in [0.15, 0.2) is 0 Å². The van der Waals surface area contributed by atoms with E-state index in [1.807, 2.05) is 35.1 Å². The Balaban J connectivity index is 1.98. The summed E-state index contributed by atoms with van der Waals surface area (Å²) in [5.41, 5.74) is 1.83. The minimum atomic E-state index is -0.217. The Bertz CT molecular complexity index is 706. The average Bonchev–Trinajstić information content (AvgIpc) is 2.73. The Hall–Kier alpha value is -1.68. The van der Waals surface area contributed by atoms with Gasteiger partial charge in [0.05, 0.1) is 12.1 Å². The van der Waals surface area contributed by atoms with Crippen molar-refractivity contribution in [2.24, 2.45) is 0 Å². The van der Waals surface area contributed by atoms with E-state index < -0.39 is 0 Å². The molecule has 0 saturated carbocycles. The van der Waals surface area contributed by atoms with E-state index >= 15 is 0 Å². The van der Waals surface area contributed by atoms with Crippen molar-refractivity contribution in [1.82, 2.24) is 9.78 Å². The number of nitrogens with zero attached hydrogens (tertiary/aromatic N) is 2. The fourth-order valence-corrected chi connectivity index (χ4v) is 2.42. The quantitative estimate of drug-likeness (QED) is 0.700. The number of fused-ring (bicyclic) bond motifs is 1. The second-order valence-corrected chi connectivity index (χ2v) is 4.98. The third-order valence-corrected chi connectivity index (χ3v) is 3.47. The van der Waals surface area contributed by atoms with Crippen molar-refractivity contribution >= 4 is 26.8 Å². The second-order valence-electron chi connectivity index (χ2n) is 4.13. The number of halogens is 2. The van der Waals surface area contributed by atoms with Crippen molar-refractivity contribution in [1.29, 1.82) is 0 Å². The van der Waals surface area contributed by atoms with E-state index in [9.17, 15) is 4.39 Å². The molecule has 4 heteroatoms. The van der Waals surface area contributed by atoms with Gasteiger partial charge in [0.2, 0.25) is 0 Å². The van der Waals surface area contributed by atoms with Crippen LogP contribution in [0.15, 0.2) is 53.1 Å². The van der Waals surface area contributed by atoms with Crippen LogP contribution in [0, 0.1) is 5.82 Å². The predicted octanol–water partition coefficient (Wildman–Crippen LogP) is 3.99. The van der Waals surface area contributed by atoms with E-state index in [2.05, 4.69) is 21.0 Å². The molecule has 0 N–H and O–H groups in total. The van der Waals surface area contributed by atoms with Gasteiger partial charge in [0, 0.05) is 16.1 Å². The van der Waals surface area contributed by atoms with Crippen LogP contribution in [0.4, 0.5) is 4.39 Å². The molecule has 3 aromatic rings. The van der Waals surface area contributed by atoms with Gasteiger partial charge in [0.25, 0.3) is 0 Å². The second kappa shape index (κ2) is 4.53. The van der Waals surface area contributed by atoms with E-state index in [-0.39, 0.29) is 5.82 Å². The lowest BCUT2D eigenvalue weighted by molar-refractivity contribution is 0.620. The van der Waals surface area contributed by atoms with E-state index in [1.54, 1.807) is 6.07 Å². The molecule has 2 aromatic carbocycles. The fourth-order valence-electron chi connectivity index (χ4n) is 1.96. The van der Waals surface area contributed by atoms with Gasteiger partial charge >= 0.3 is 0 Å². The van der Waals surface area contributed by atoms with Crippen LogP contribution in [0.25, 0.3) is 10.9 Å². The van der Waals surface area contributed by atoms with Crippen molar-refractivity contribution in [2.75, 3.05) is 0 Å². The van der Waals surface area contributed by atoms with Gasteiger partial charge in [-0.2, -0.15) is 5.10 Å². The van der Waals surface area contributed by atoms with Crippen LogP contribution in [0.5, 0.6) is 0 Å². The third kappa shape index (κ3) is 2.16. The lowest BCUT2D eigenvalue weighted by Gasteiger charge is -2.01. The van der Waals surface area contributed by atoms with Gasteiger partial charge < -0.3 is 0 Å². The molecule has 3 rings (SSSR count). The first kappa shape index (κ1) is 11.4. The molecular formula is C14H10BrFN2. The molecule has 0 atom stereocenters. The van der Waals surface area contributed by atoms with Crippen molar-refractivity contribution in [3.63, 3.8) is 0 Å². The van der Waals surface area contributed by atoms with Gasteiger partial charge in [-0.05, 0) is 29.8 Å². The van der Waals surface area contributed by atoms with Crippen LogP contribution in [0.1, 0.15) is 5.56 Å². The lowest BCUT2D eigenvalue weighted by atomic mass is 10.2. The van der Waals surface area contributed by atoms with Crippen molar-refractivity contribution in [2.45, 2.75) is 6.54 Å². The smallest absolute Gasteiger partial charge is 0.123 e. The number of rotatable bonds is 2. The molecule has 0 amide bonds. The zero-order valence-electron chi connectivity index (χ0n) is 9.48. The van der Waals surface area contributed by atoms with Gasteiger partial charge in [-0.3, -0.25) is 4.68 Å². The number of hydrogen-bond donors (Lipinski definition) is 0. The molecule has 0 aliphatic heterocycles. The van der Waals surface area contributed by atoms with Crippen molar-refractivity contribution < 1.29 is 4.39 Å². The largest absolute Gasteiger partial charge is 0.267 e. The molecule has 2 nitrogen and oxygen atoms in total. The topological polar surface area (TPSA) is 17.8 Å². The monoisotopic (exact) mass is 304 g/mol. The maximum Gasteiger partial charge on any atom is 0.123 e. The van der Waals surface area contributed by atoms with Crippen molar-refractivity contribution in [3.8, 4) is 0 Å².